The number of carbonyl (C=O) groups excluding carboxylic acids is 1. The van der Waals surface area contributed by atoms with E-state index in [0.29, 0.717) is 18.7 Å². The van der Waals surface area contributed by atoms with Crippen LogP contribution in [0.25, 0.3) is 0 Å². The third-order valence-corrected chi connectivity index (χ3v) is 6.10. The zero-order valence-corrected chi connectivity index (χ0v) is 18.5. The van der Waals surface area contributed by atoms with E-state index >= 15 is 0 Å². The molecule has 2 aromatic rings. The van der Waals surface area contributed by atoms with Crippen LogP contribution in [0, 0.1) is 0 Å². The topological polar surface area (TPSA) is 75.7 Å². The van der Waals surface area contributed by atoms with Crippen molar-refractivity contribution in [2.45, 2.75) is 44.6 Å². The Bertz CT molecular complexity index is 935. The van der Waals surface area contributed by atoms with Gasteiger partial charge in [0.2, 0.25) is 10.0 Å². The summed E-state index contributed by atoms with van der Waals surface area (Å²) in [6, 6.07) is 14.4. The zero-order chi connectivity index (χ0) is 21.7. The number of amides is 1. The van der Waals surface area contributed by atoms with Crippen molar-refractivity contribution in [2.24, 2.45) is 0 Å². The molecule has 0 spiro atoms. The maximum Gasteiger partial charge on any atom is 0.253 e. The van der Waals surface area contributed by atoms with Crippen molar-refractivity contribution in [3.8, 4) is 5.75 Å². The molecule has 7 heteroatoms. The lowest BCUT2D eigenvalue weighted by Gasteiger charge is -2.23. The minimum absolute atomic E-state index is 0.0418. The third-order valence-electron chi connectivity index (χ3n) is 4.32. The molecule has 0 aliphatic heterocycles. The SMILES string of the molecule is CCN(CCc1ccccc1)C(=O)c1ccc(OC)c(S(=O)(=O)NC(C)(C)C)c1. The molecule has 0 aliphatic carbocycles. The van der Waals surface area contributed by atoms with Gasteiger partial charge in [-0.2, -0.15) is 0 Å². The molecule has 1 N–H and O–H groups in total. The number of nitrogens with one attached hydrogen (secondary N) is 1. The summed E-state index contributed by atoms with van der Waals surface area (Å²) in [4.78, 5) is 14.7. The molecule has 0 atom stereocenters. The number of hydrogen-bond acceptors (Lipinski definition) is 4. The first kappa shape index (κ1) is 22.9. The Kier molecular flexibility index (Phi) is 7.43. The van der Waals surface area contributed by atoms with Crippen LogP contribution in [0.3, 0.4) is 0 Å². The number of likely N-dealkylation sites (N-methyl/N-ethyl adjacent to an activating group) is 1. The van der Waals surface area contributed by atoms with Gasteiger partial charge in [-0.05, 0) is 57.9 Å². The van der Waals surface area contributed by atoms with E-state index in [1.54, 1.807) is 31.7 Å². The van der Waals surface area contributed by atoms with E-state index in [0.717, 1.165) is 12.0 Å². The normalized spacial score (nSPS) is 11.9. The number of carbonyl (C=O) groups is 1. The molecule has 0 heterocycles. The fraction of sp³-hybridized carbons (Fsp3) is 0.409. The monoisotopic (exact) mass is 418 g/mol. The largest absolute Gasteiger partial charge is 0.495 e. The van der Waals surface area contributed by atoms with Gasteiger partial charge in [0.15, 0.2) is 0 Å². The van der Waals surface area contributed by atoms with E-state index in [1.165, 1.54) is 19.2 Å². The quantitative estimate of drug-likeness (QED) is 0.712. The van der Waals surface area contributed by atoms with Crippen LogP contribution in [0.1, 0.15) is 43.6 Å². The Morgan fingerprint density at radius 2 is 1.76 bits per heavy atom. The van der Waals surface area contributed by atoms with Gasteiger partial charge in [-0.25, -0.2) is 13.1 Å². The van der Waals surface area contributed by atoms with Gasteiger partial charge in [-0.1, -0.05) is 30.3 Å². The fourth-order valence-electron chi connectivity index (χ4n) is 2.97. The Hall–Kier alpha value is -2.38. The number of ether oxygens (including phenoxy) is 1. The van der Waals surface area contributed by atoms with E-state index in [1.807, 2.05) is 37.3 Å². The van der Waals surface area contributed by atoms with Crippen molar-refractivity contribution >= 4 is 15.9 Å². The number of methoxy groups -OCH3 is 1. The Morgan fingerprint density at radius 1 is 1.10 bits per heavy atom. The molecule has 2 rings (SSSR count). The molecule has 29 heavy (non-hydrogen) atoms. The van der Waals surface area contributed by atoms with Crippen molar-refractivity contribution in [1.82, 2.24) is 9.62 Å². The van der Waals surface area contributed by atoms with Gasteiger partial charge < -0.3 is 9.64 Å². The molecule has 0 aromatic heterocycles. The molecule has 1 amide bonds. The molecule has 0 fully saturated rings. The average Bonchev–Trinajstić information content (AvgIpc) is 2.66. The molecule has 0 bridgehead atoms. The predicted molar refractivity (Wildman–Crippen MR) is 115 cm³/mol. The summed E-state index contributed by atoms with van der Waals surface area (Å²) in [5.41, 5.74) is 0.802. The van der Waals surface area contributed by atoms with E-state index in [-0.39, 0.29) is 16.6 Å². The highest BCUT2D eigenvalue weighted by Gasteiger charge is 2.27. The van der Waals surface area contributed by atoms with Gasteiger partial charge >= 0.3 is 0 Å². The van der Waals surface area contributed by atoms with Gasteiger partial charge in [0.1, 0.15) is 10.6 Å². The van der Waals surface area contributed by atoms with Gasteiger partial charge in [-0.3, -0.25) is 4.79 Å². The van der Waals surface area contributed by atoms with Crippen molar-refractivity contribution in [3.05, 3.63) is 59.7 Å². The van der Waals surface area contributed by atoms with Crippen molar-refractivity contribution < 1.29 is 17.9 Å². The zero-order valence-electron chi connectivity index (χ0n) is 17.7. The second-order valence-corrected chi connectivity index (χ2v) is 9.49. The summed E-state index contributed by atoms with van der Waals surface area (Å²) in [5, 5.41) is 0. The molecule has 0 unspecified atom stereocenters. The molecule has 0 saturated heterocycles. The average molecular weight is 419 g/mol. The smallest absolute Gasteiger partial charge is 0.253 e. The highest BCUT2D eigenvalue weighted by atomic mass is 32.2. The first-order valence-corrected chi connectivity index (χ1v) is 11.1. The van der Waals surface area contributed by atoms with Crippen LogP contribution in [0.2, 0.25) is 0 Å². The summed E-state index contributed by atoms with van der Waals surface area (Å²) in [5.74, 6) is -0.0103. The van der Waals surface area contributed by atoms with E-state index < -0.39 is 15.6 Å². The lowest BCUT2D eigenvalue weighted by Crippen LogP contribution is -2.40. The Morgan fingerprint density at radius 3 is 2.31 bits per heavy atom. The number of nitrogens with zero attached hydrogens (tertiary/aromatic N) is 1. The van der Waals surface area contributed by atoms with Crippen LogP contribution < -0.4 is 9.46 Å². The third kappa shape index (κ3) is 6.30. The van der Waals surface area contributed by atoms with E-state index in [4.69, 9.17) is 4.74 Å². The number of rotatable bonds is 8. The van der Waals surface area contributed by atoms with Gasteiger partial charge in [0.25, 0.3) is 5.91 Å². The first-order valence-electron chi connectivity index (χ1n) is 9.62. The molecule has 0 radical (unpaired) electrons. The summed E-state index contributed by atoms with van der Waals surface area (Å²) in [6.45, 7) is 8.26. The highest BCUT2D eigenvalue weighted by molar-refractivity contribution is 7.89. The van der Waals surface area contributed by atoms with Crippen LogP contribution >= 0.6 is 0 Å². The number of hydrogen-bond donors (Lipinski definition) is 1. The van der Waals surface area contributed by atoms with Crippen LogP contribution in [0.15, 0.2) is 53.4 Å². The van der Waals surface area contributed by atoms with Crippen LogP contribution in [-0.2, 0) is 16.4 Å². The maximum atomic E-state index is 13.0. The van der Waals surface area contributed by atoms with E-state index in [9.17, 15) is 13.2 Å². The van der Waals surface area contributed by atoms with Crippen LogP contribution in [0.4, 0.5) is 0 Å². The van der Waals surface area contributed by atoms with Crippen molar-refractivity contribution in [1.29, 1.82) is 0 Å². The summed E-state index contributed by atoms with van der Waals surface area (Å²) < 4.78 is 33.5. The second-order valence-electron chi connectivity index (χ2n) is 7.84. The minimum atomic E-state index is -3.85. The van der Waals surface area contributed by atoms with Crippen molar-refractivity contribution in [2.75, 3.05) is 20.2 Å². The Balaban J connectivity index is 2.29. The number of benzene rings is 2. The summed E-state index contributed by atoms with van der Waals surface area (Å²) >= 11 is 0. The maximum absolute atomic E-state index is 13.0. The molecule has 6 nitrogen and oxygen atoms in total. The molecule has 158 valence electrons. The van der Waals surface area contributed by atoms with E-state index in [2.05, 4.69) is 4.72 Å². The summed E-state index contributed by atoms with van der Waals surface area (Å²) in [7, 11) is -2.44. The molecule has 2 aromatic carbocycles. The highest BCUT2D eigenvalue weighted by Crippen LogP contribution is 2.26. The fourth-order valence-corrected chi connectivity index (χ4v) is 4.59. The molecular weight excluding hydrogens is 388 g/mol. The standard InChI is InChI=1S/C22H30N2O4S/c1-6-24(15-14-17-10-8-7-9-11-17)21(25)18-12-13-19(28-5)20(16-18)29(26,27)23-22(2,3)4/h7-13,16,23H,6,14-15H2,1-5H3. The number of sulfonamides is 1. The van der Waals surface area contributed by atoms with Gasteiger partial charge in [0, 0.05) is 24.2 Å². The Labute approximate surface area is 173 Å². The lowest BCUT2D eigenvalue weighted by molar-refractivity contribution is 0.0766. The molecule has 0 aliphatic rings. The predicted octanol–water partition coefficient (Wildman–Crippen LogP) is 3.48. The van der Waals surface area contributed by atoms with Crippen LogP contribution in [0.5, 0.6) is 5.75 Å². The first-order chi connectivity index (χ1) is 13.6. The molecule has 0 saturated carbocycles. The lowest BCUT2D eigenvalue weighted by atomic mass is 10.1. The van der Waals surface area contributed by atoms with Gasteiger partial charge in [-0.15, -0.1) is 0 Å². The van der Waals surface area contributed by atoms with Crippen molar-refractivity contribution in [3.63, 3.8) is 0 Å². The van der Waals surface area contributed by atoms with Gasteiger partial charge in [0.05, 0.1) is 7.11 Å². The minimum Gasteiger partial charge on any atom is -0.495 e. The summed E-state index contributed by atoms with van der Waals surface area (Å²) in [6.07, 6.45) is 0.729. The molecular formula is C22H30N2O4S. The second kappa shape index (κ2) is 9.41. The van der Waals surface area contributed by atoms with Crippen LogP contribution in [-0.4, -0.2) is 45.0 Å².